The maximum atomic E-state index is 12.8. The Morgan fingerprint density at radius 1 is 1.22 bits per heavy atom. The Kier molecular flexibility index (Phi) is 6.04. The van der Waals surface area contributed by atoms with E-state index >= 15 is 0 Å². The Labute approximate surface area is 161 Å². The third-order valence-corrected chi connectivity index (χ3v) is 5.13. The minimum Gasteiger partial charge on any atom is -0.465 e. The SMILES string of the molecule is CCOC(=O)[C@@H]1/C(=C\N2C[C@H](C)C[C@H](C)C2)NC(=O)N[C@H]1c1ccccc1. The van der Waals surface area contributed by atoms with Crippen molar-refractivity contribution in [2.45, 2.75) is 33.2 Å². The smallest absolute Gasteiger partial charge is 0.319 e. The third-order valence-electron chi connectivity index (χ3n) is 5.13. The zero-order valence-electron chi connectivity index (χ0n) is 16.3. The molecule has 0 aromatic heterocycles. The Hall–Kier alpha value is -2.50. The summed E-state index contributed by atoms with van der Waals surface area (Å²) < 4.78 is 5.34. The van der Waals surface area contributed by atoms with E-state index in [1.807, 2.05) is 36.5 Å². The zero-order chi connectivity index (χ0) is 19.4. The highest BCUT2D eigenvalue weighted by molar-refractivity contribution is 5.85. The van der Waals surface area contributed by atoms with Crippen LogP contribution in [0.15, 0.2) is 42.2 Å². The highest BCUT2D eigenvalue weighted by atomic mass is 16.5. The summed E-state index contributed by atoms with van der Waals surface area (Å²) in [6, 6.07) is 8.82. The monoisotopic (exact) mass is 371 g/mol. The molecule has 2 amide bonds. The van der Waals surface area contributed by atoms with Crippen molar-refractivity contribution in [1.82, 2.24) is 15.5 Å². The van der Waals surface area contributed by atoms with Crippen molar-refractivity contribution in [1.29, 1.82) is 0 Å². The highest BCUT2D eigenvalue weighted by Crippen LogP contribution is 2.32. The van der Waals surface area contributed by atoms with Crippen LogP contribution in [-0.4, -0.2) is 36.6 Å². The summed E-state index contributed by atoms with van der Waals surface area (Å²) in [4.78, 5) is 27.3. The van der Waals surface area contributed by atoms with E-state index in [1.54, 1.807) is 6.92 Å². The molecule has 2 heterocycles. The number of nitrogens with one attached hydrogen (secondary N) is 2. The van der Waals surface area contributed by atoms with Crippen LogP contribution in [0, 0.1) is 17.8 Å². The number of hydrogen-bond donors (Lipinski definition) is 2. The first-order chi connectivity index (χ1) is 13.0. The van der Waals surface area contributed by atoms with E-state index in [1.165, 1.54) is 6.42 Å². The molecule has 2 fully saturated rings. The van der Waals surface area contributed by atoms with Crippen molar-refractivity contribution in [3.8, 4) is 0 Å². The molecule has 2 saturated heterocycles. The minimum atomic E-state index is -0.599. The normalized spacial score (nSPS) is 29.8. The van der Waals surface area contributed by atoms with Crippen LogP contribution in [0.4, 0.5) is 4.79 Å². The van der Waals surface area contributed by atoms with Gasteiger partial charge in [-0.15, -0.1) is 0 Å². The van der Waals surface area contributed by atoms with E-state index in [9.17, 15) is 9.59 Å². The number of carbonyl (C=O) groups excluding carboxylic acids is 2. The average Bonchev–Trinajstić information content (AvgIpc) is 2.61. The van der Waals surface area contributed by atoms with Crippen LogP contribution in [0.25, 0.3) is 0 Å². The molecule has 6 nitrogen and oxygen atoms in total. The molecule has 6 heteroatoms. The molecule has 2 aliphatic heterocycles. The van der Waals surface area contributed by atoms with Crippen molar-refractivity contribution in [2.75, 3.05) is 19.7 Å². The van der Waals surface area contributed by atoms with E-state index in [-0.39, 0.29) is 12.0 Å². The van der Waals surface area contributed by atoms with Crippen molar-refractivity contribution in [3.05, 3.63) is 47.8 Å². The Balaban J connectivity index is 1.95. The molecule has 0 spiro atoms. The average molecular weight is 371 g/mol. The number of likely N-dealkylation sites (tertiary alicyclic amines) is 1. The second-order valence-corrected chi connectivity index (χ2v) is 7.70. The number of piperidine rings is 1. The van der Waals surface area contributed by atoms with Crippen LogP contribution in [-0.2, 0) is 9.53 Å². The van der Waals surface area contributed by atoms with E-state index in [4.69, 9.17) is 4.74 Å². The van der Waals surface area contributed by atoms with Gasteiger partial charge in [0.1, 0.15) is 5.92 Å². The van der Waals surface area contributed by atoms with Crippen LogP contribution in [0.5, 0.6) is 0 Å². The first-order valence-corrected chi connectivity index (χ1v) is 9.72. The molecular formula is C21H29N3O3. The van der Waals surface area contributed by atoms with Gasteiger partial charge in [0.15, 0.2) is 0 Å². The summed E-state index contributed by atoms with van der Waals surface area (Å²) >= 11 is 0. The van der Waals surface area contributed by atoms with Gasteiger partial charge in [-0.3, -0.25) is 4.79 Å². The van der Waals surface area contributed by atoms with Gasteiger partial charge >= 0.3 is 12.0 Å². The van der Waals surface area contributed by atoms with Gasteiger partial charge in [-0.1, -0.05) is 44.2 Å². The molecule has 1 aromatic rings. The van der Waals surface area contributed by atoms with Gasteiger partial charge in [0.05, 0.1) is 18.3 Å². The molecule has 3 rings (SSSR count). The number of carbonyl (C=O) groups is 2. The number of hydrogen-bond acceptors (Lipinski definition) is 4. The zero-order valence-corrected chi connectivity index (χ0v) is 16.3. The molecular weight excluding hydrogens is 342 g/mol. The van der Waals surface area contributed by atoms with Gasteiger partial charge in [-0.05, 0) is 30.7 Å². The number of urea groups is 1. The maximum absolute atomic E-state index is 12.8. The number of amides is 2. The van der Waals surface area contributed by atoms with Crippen LogP contribution >= 0.6 is 0 Å². The largest absolute Gasteiger partial charge is 0.465 e. The van der Waals surface area contributed by atoms with Crippen molar-refractivity contribution in [3.63, 3.8) is 0 Å². The lowest BCUT2D eigenvalue weighted by Gasteiger charge is -2.38. The molecule has 2 N–H and O–H groups in total. The van der Waals surface area contributed by atoms with E-state index in [2.05, 4.69) is 29.4 Å². The molecule has 27 heavy (non-hydrogen) atoms. The summed E-state index contributed by atoms with van der Waals surface area (Å²) in [5.74, 6) is 0.226. The second kappa shape index (κ2) is 8.46. The fourth-order valence-electron chi connectivity index (χ4n) is 4.21. The standard InChI is InChI=1S/C21H29N3O3/c1-4-27-20(25)18-17(13-24-11-14(2)10-15(3)12-24)22-21(26)23-19(18)16-8-6-5-7-9-16/h5-9,13-15,18-19H,4,10-12H2,1-3H3,(H2,22,23,26)/b17-13+/t14-,15+,18-,19+/m1/s1. The topological polar surface area (TPSA) is 70.7 Å². The fraction of sp³-hybridized carbons (Fsp3) is 0.524. The number of benzene rings is 1. The van der Waals surface area contributed by atoms with Crippen molar-refractivity contribution >= 4 is 12.0 Å². The molecule has 0 aliphatic carbocycles. The molecule has 2 aliphatic rings. The van der Waals surface area contributed by atoms with Gasteiger partial charge < -0.3 is 20.3 Å². The lowest BCUT2D eigenvalue weighted by molar-refractivity contribution is -0.148. The Morgan fingerprint density at radius 2 is 1.89 bits per heavy atom. The number of esters is 1. The summed E-state index contributed by atoms with van der Waals surface area (Å²) in [6.07, 6.45) is 3.14. The first-order valence-electron chi connectivity index (χ1n) is 9.72. The second-order valence-electron chi connectivity index (χ2n) is 7.70. The molecule has 146 valence electrons. The maximum Gasteiger partial charge on any atom is 0.319 e. The predicted octanol–water partition coefficient (Wildman–Crippen LogP) is 3.04. The van der Waals surface area contributed by atoms with E-state index in [0.29, 0.717) is 24.1 Å². The third kappa shape index (κ3) is 4.62. The number of nitrogens with zero attached hydrogens (tertiary/aromatic N) is 1. The lowest BCUT2D eigenvalue weighted by Crippen LogP contribution is -2.52. The minimum absolute atomic E-state index is 0.297. The van der Waals surface area contributed by atoms with Crippen LogP contribution in [0.2, 0.25) is 0 Å². The summed E-state index contributed by atoms with van der Waals surface area (Å²) in [5, 5.41) is 5.75. The van der Waals surface area contributed by atoms with Crippen LogP contribution in [0.1, 0.15) is 38.8 Å². The van der Waals surface area contributed by atoms with Crippen LogP contribution < -0.4 is 10.6 Å². The quantitative estimate of drug-likeness (QED) is 0.798. The molecule has 0 bridgehead atoms. The van der Waals surface area contributed by atoms with Gasteiger partial charge in [0.25, 0.3) is 0 Å². The summed E-state index contributed by atoms with van der Waals surface area (Å²) in [7, 11) is 0. The van der Waals surface area contributed by atoms with Gasteiger partial charge in [0, 0.05) is 19.3 Å². The van der Waals surface area contributed by atoms with E-state index in [0.717, 1.165) is 18.7 Å². The van der Waals surface area contributed by atoms with Crippen molar-refractivity contribution < 1.29 is 14.3 Å². The van der Waals surface area contributed by atoms with Crippen LogP contribution in [0.3, 0.4) is 0 Å². The van der Waals surface area contributed by atoms with Gasteiger partial charge in [0.2, 0.25) is 0 Å². The molecule has 0 unspecified atom stereocenters. The predicted molar refractivity (Wildman–Crippen MR) is 104 cm³/mol. The highest BCUT2D eigenvalue weighted by Gasteiger charge is 2.40. The molecule has 1 aromatic carbocycles. The molecule has 4 atom stereocenters. The Morgan fingerprint density at radius 3 is 2.52 bits per heavy atom. The summed E-state index contributed by atoms with van der Waals surface area (Å²) in [5.41, 5.74) is 1.49. The van der Waals surface area contributed by atoms with Crippen molar-refractivity contribution in [2.24, 2.45) is 17.8 Å². The fourth-order valence-corrected chi connectivity index (χ4v) is 4.21. The van der Waals surface area contributed by atoms with Gasteiger partial charge in [-0.25, -0.2) is 4.79 Å². The Bertz CT molecular complexity index is 694. The molecule has 0 saturated carbocycles. The number of ether oxygens (including phenoxy) is 1. The van der Waals surface area contributed by atoms with E-state index < -0.39 is 12.0 Å². The lowest BCUT2D eigenvalue weighted by atomic mass is 9.88. The van der Waals surface area contributed by atoms with Gasteiger partial charge in [-0.2, -0.15) is 0 Å². The first kappa shape index (κ1) is 19.3. The number of rotatable bonds is 4. The molecule has 0 radical (unpaired) electrons. The summed E-state index contributed by atoms with van der Waals surface area (Å²) in [6.45, 7) is 8.40.